The Hall–Kier alpha value is -1.32. The van der Waals surface area contributed by atoms with Gasteiger partial charge in [-0.1, -0.05) is 48.7 Å². The second-order valence-corrected chi connectivity index (χ2v) is 10.1. The van der Waals surface area contributed by atoms with E-state index in [-0.39, 0.29) is 11.0 Å². The van der Waals surface area contributed by atoms with E-state index in [4.69, 9.17) is 4.74 Å². The number of methoxy groups -OCH3 is 1. The minimum atomic E-state index is -0.438. The molecule has 1 atom stereocenters. The number of esters is 1. The van der Waals surface area contributed by atoms with Gasteiger partial charge in [-0.25, -0.2) is 4.79 Å². The van der Waals surface area contributed by atoms with Crippen molar-refractivity contribution < 1.29 is 14.3 Å². The van der Waals surface area contributed by atoms with Crippen LogP contribution < -0.4 is 0 Å². The molecule has 0 radical (unpaired) electrons. The van der Waals surface area contributed by atoms with Gasteiger partial charge in [0.2, 0.25) is 0 Å². The van der Waals surface area contributed by atoms with Gasteiger partial charge in [-0.05, 0) is 32.3 Å². The second kappa shape index (κ2) is 9.05. The fraction of sp³-hybridized carbons (Fsp3) is 0.529. The van der Waals surface area contributed by atoms with Crippen molar-refractivity contribution in [2.75, 3.05) is 12.9 Å². The number of H-pyrrole nitrogens is 1. The highest BCUT2D eigenvalue weighted by atomic mass is 32.2. The minimum Gasteiger partial charge on any atom is -0.465 e. The molecule has 0 spiro atoms. The van der Waals surface area contributed by atoms with Crippen LogP contribution in [0, 0.1) is 19.8 Å². The van der Waals surface area contributed by atoms with Crippen LogP contribution >= 0.6 is 34.9 Å². The summed E-state index contributed by atoms with van der Waals surface area (Å²) in [5.74, 6) is 1.07. The third-order valence-electron chi connectivity index (χ3n) is 3.65. The number of thioether (sulfide) groups is 2. The zero-order valence-corrected chi connectivity index (χ0v) is 18.2. The first kappa shape index (κ1) is 21.0. The number of rotatable bonds is 8. The number of aromatic nitrogens is 3. The number of aryl methyl sites for hydroxylation is 1. The lowest BCUT2D eigenvalue weighted by molar-refractivity contribution is 0.0599. The van der Waals surface area contributed by atoms with Crippen LogP contribution in [0.1, 0.15) is 52.9 Å². The van der Waals surface area contributed by atoms with Gasteiger partial charge in [0.05, 0.1) is 23.6 Å². The molecular formula is C17H23N3O3S3. The Morgan fingerprint density at radius 3 is 2.46 bits per heavy atom. The van der Waals surface area contributed by atoms with Gasteiger partial charge in [-0.2, -0.15) is 0 Å². The standard InChI is InChI=1S/C17H23N3O3S3/c1-8(2)7-24-16-19-20-17(26-16)25-11(5)14(21)13-9(3)12(10(4)18-13)15(22)23-6/h8,11,18H,7H2,1-6H3/t11-/m1/s1. The number of carbonyl (C=O) groups is 2. The molecule has 0 amide bonds. The number of aromatic amines is 1. The van der Waals surface area contributed by atoms with Gasteiger partial charge in [0.25, 0.3) is 0 Å². The van der Waals surface area contributed by atoms with Crippen LogP contribution in [0.4, 0.5) is 0 Å². The highest BCUT2D eigenvalue weighted by Gasteiger charge is 2.26. The predicted octanol–water partition coefficient (Wildman–Crippen LogP) is 4.38. The van der Waals surface area contributed by atoms with Crippen molar-refractivity contribution >= 4 is 46.6 Å². The van der Waals surface area contributed by atoms with E-state index in [0.717, 1.165) is 14.4 Å². The first-order chi connectivity index (χ1) is 12.2. The molecule has 0 saturated carbocycles. The van der Waals surface area contributed by atoms with Crippen molar-refractivity contribution in [1.82, 2.24) is 15.2 Å². The van der Waals surface area contributed by atoms with Gasteiger partial charge in [0, 0.05) is 11.4 Å². The van der Waals surface area contributed by atoms with E-state index in [0.29, 0.717) is 28.4 Å². The number of hydrogen-bond donors (Lipinski definition) is 1. The normalized spacial score (nSPS) is 12.4. The summed E-state index contributed by atoms with van der Waals surface area (Å²) in [5.41, 5.74) is 2.13. The van der Waals surface area contributed by atoms with Crippen molar-refractivity contribution in [3.63, 3.8) is 0 Å². The van der Waals surface area contributed by atoms with Crippen molar-refractivity contribution in [3.05, 3.63) is 22.5 Å². The van der Waals surface area contributed by atoms with E-state index in [1.54, 1.807) is 25.6 Å². The molecule has 2 heterocycles. The first-order valence-corrected chi connectivity index (χ1v) is 10.9. The summed E-state index contributed by atoms with van der Waals surface area (Å²) in [7, 11) is 1.33. The van der Waals surface area contributed by atoms with Gasteiger partial charge >= 0.3 is 5.97 Å². The molecule has 2 aromatic heterocycles. The van der Waals surface area contributed by atoms with Crippen molar-refractivity contribution in [2.45, 2.75) is 48.5 Å². The number of ether oxygens (including phenoxy) is 1. The Kier molecular flexibility index (Phi) is 7.31. The Morgan fingerprint density at radius 2 is 1.85 bits per heavy atom. The first-order valence-electron chi connectivity index (χ1n) is 8.19. The van der Waals surface area contributed by atoms with Crippen molar-refractivity contribution in [2.24, 2.45) is 5.92 Å². The van der Waals surface area contributed by atoms with Crippen molar-refractivity contribution in [3.8, 4) is 0 Å². The lowest BCUT2D eigenvalue weighted by Gasteiger charge is -2.07. The summed E-state index contributed by atoms with van der Waals surface area (Å²) in [6.45, 7) is 9.67. The molecule has 1 N–H and O–H groups in total. The van der Waals surface area contributed by atoms with Crippen LogP contribution in [0.2, 0.25) is 0 Å². The average molecular weight is 414 g/mol. The van der Waals surface area contributed by atoms with Crippen LogP contribution in [0.15, 0.2) is 8.68 Å². The van der Waals surface area contributed by atoms with Gasteiger partial charge in [0.15, 0.2) is 14.5 Å². The lowest BCUT2D eigenvalue weighted by atomic mass is 10.1. The Labute approximate surface area is 165 Å². The number of nitrogens with one attached hydrogen (secondary N) is 1. The third-order valence-corrected chi connectivity index (χ3v) is 7.32. The number of hydrogen-bond acceptors (Lipinski definition) is 8. The quantitative estimate of drug-likeness (QED) is 0.390. The largest absolute Gasteiger partial charge is 0.465 e. The van der Waals surface area contributed by atoms with Gasteiger partial charge < -0.3 is 9.72 Å². The summed E-state index contributed by atoms with van der Waals surface area (Å²) in [6.07, 6.45) is 0. The van der Waals surface area contributed by atoms with Crippen LogP contribution in [-0.2, 0) is 4.74 Å². The van der Waals surface area contributed by atoms with Crippen LogP contribution in [0.5, 0.6) is 0 Å². The molecule has 2 aromatic rings. The Balaban J connectivity index is 2.10. The second-order valence-electron chi connectivity index (χ2n) is 6.28. The topological polar surface area (TPSA) is 84.9 Å². The number of nitrogens with zero attached hydrogens (tertiary/aromatic N) is 2. The van der Waals surface area contributed by atoms with Crippen molar-refractivity contribution in [1.29, 1.82) is 0 Å². The molecule has 0 fully saturated rings. The molecule has 9 heteroatoms. The maximum absolute atomic E-state index is 12.8. The monoisotopic (exact) mass is 413 g/mol. The molecular weight excluding hydrogens is 390 g/mol. The Bertz CT molecular complexity index is 799. The zero-order valence-electron chi connectivity index (χ0n) is 15.7. The highest BCUT2D eigenvalue weighted by Crippen LogP contribution is 2.33. The van der Waals surface area contributed by atoms with E-state index in [2.05, 4.69) is 29.0 Å². The SMILES string of the molecule is COC(=O)c1c(C)[nH]c(C(=O)[C@@H](C)Sc2nnc(SCC(C)C)s2)c1C. The zero-order chi connectivity index (χ0) is 19.4. The molecule has 0 aromatic carbocycles. The molecule has 26 heavy (non-hydrogen) atoms. The van der Waals surface area contributed by atoms with Crippen LogP contribution in [0.25, 0.3) is 0 Å². The maximum Gasteiger partial charge on any atom is 0.339 e. The molecule has 0 aliphatic rings. The van der Waals surface area contributed by atoms with E-state index in [1.165, 1.54) is 30.2 Å². The number of ketones is 1. The number of carbonyl (C=O) groups excluding carboxylic acids is 2. The molecule has 0 aliphatic heterocycles. The smallest absolute Gasteiger partial charge is 0.339 e. The summed E-state index contributed by atoms with van der Waals surface area (Å²) < 4.78 is 6.48. The fourth-order valence-corrected chi connectivity index (χ4v) is 5.55. The van der Waals surface area contributed by atoms with Gasteiger partial charge in [-0.15, -0.1) is 10.2 Å². The summed E-state index contributed by atoms with van der Waals surface area (Å²) in [5, 5.41) is 8.00. The molecule has 2 rings (SSSR count). The van der Waals surface area contributed by atoms with E-state index in [9.17, 15) is 9.59 Å². The average Bonchev–Trinajstić information content (AvgIpc) is 3.15. The van der Waals surface area contributed by atoms with Crippen LogP contribution in [-0.4, -0.2) is 45.0 Å². The predicted molar refractivity (Wildman–Crippen MR) is 107 cm³/mol. The highest BCUT2D eigenvalue weighted by molar-refractivity contribution is 8.04. The van der Waals surface area contributed by atoms with E-state index in [1.807, 2.05) is 6.92 Å². The van der Waals surface area contributed by atoms with Crippen LogP contribution in [0.3, 0.4) is 0 Å². The maximum atomic E-state index is 12.8. The minimum absolute atomic E-state index is 0.0719. The number of Topliss-reactive ketones (excluding diaryl/α,β-unsaturated/α-hetero) is 1. The van der Waals surface area contributed by atoms with E-state index < -0.39 is 5.97 Å². The molecule has 0 unspecified atom stereocenters. The van der Waals surface area contributed by atoms with Gasteiger partial charge in [-0.3, -0.25) is 4.79 Å². The summed E-state index contributed by atoms with van der Waals surface area (Å²) >= 11 is 4.57. The fourth-order valence-electron chi connectivity index (χ4n) is 2.35. The molecule has 0 bridgehead atoms. The summed E-state index contributed by atoms with van der Waals surface area (Å²) in [6, 6.07) is 0. The molecule has 0 saturated heterocycles. The molecule has 6 nitrogen and oxygen atoms in total. The molecule has 142 valence electrons. The third kappa shape index (κ3) is 4.89. The Morgan fingerprint density at radius 1 is 1.19 bits per heavy atom. The van der Waals surface area contributed by atoms with Gasteiger partial charge in [0.1, 0.15) is 0 Å². The summed E-state index contributed by atoms with van der Waals surface area (Å²) in [4.78, 5) is 27.7. The van der Waals surface area contributed by atoms with E-state index >= 15 is 0 Å². The lowest BCUT2D eigenvalue weighted by Crippen LogP contribution is -2.15. The molecule has 0 aliphatic carbocycles.